The number of benzene rings is 1. The predicted molar refractivity (Wildman–Crippen MR) is 91.0 cm³/mol. The van der Waals surface area contributed by atoms with Gasteiger partial charge in [-0.3, -0.25) is 4.79 Å². The van der Waals surface area contributed by atoms with Crippen LogP contribution in [0.4, 0.5) is 0 Å². The number of thiocarbonyl (C=S) groups is 1. The molecule has 0 heterocycles. The first-order chi connectivity index (χ1) is 9.31. The maximum absolute atomic E-state index is 12.6. The van der Waals surface area contributed by atoms with Crippen LogP contribution in [0.15, 0.2) is 22.7 Å². The van der Waals surface area contributed by atoms with E-state index in [4.69, 9.17) is 18.0 Å². The average molecular weight is 357 g/mol. The van der Waals surface area contributed by atoms with Crippen molar-refractivity contribution in [3.8, 4) is 0 Å². The van der Waals surface area contributed by atoms with E-state index < -0.39 is 0 Å². The number of carbonyl (C=O) groups excluding carboxylic acids is 1. The standard InChI is InChI=1S/C15H21BrN2OS/c1-10(2)9-18(7-6-14(17)20)15(19)12-4-5-13(16)11(3)8-12/h4-5,8,10H,6-7,9H2,1-3H3,(H2,17,20). The lowest BCUT2D eigenvalue weighted by Crippen LogP contribution is -2.36. The van der Waals surface area contributed by atoms with Crippen LogP contribution in [-0.4, -0.2) is 28.9 Å². The lowest BCUT2D eigenvalue weighted by molar-refractivity contribution is 0.0741. The summed E-state index contributed by atoms with van der Waals surface area (Å²) in [7, 11) is 0. The minimum absolute atomic E-state index is 0.0329. The molecule has 0 spiro atoms. The van der Waals surface area contributed by atoms with E-state index in [2.05, 4.69) is 29.8 Å². The van der Waals surface area contributed by atoms with Gasteiger partial charge < -0.3 is 10.6 Å². The molecule has 1 amide bonds. The number of nitrogens with zero attached hydrogens (tertiary/aromatic N) is 1. The molecule has 0 atom stereocenters. The largest absolute Gasteiger partial charge is 0.393 e. The van der Waals surface area contributed by atoms with Crippen LogP contribution in [0.5, 0.6) is 0 Å². The second kappa shape index (κ2) is 7.74. The number of hydrogen-bond acceptors (Lipinski definition) is 2. The summed E-state index contributed by atoms with van der Waals surface area (Å²) < 4.78 is 1.01. The summed E-state index contributed by atoms with van der Waals surface area (Å²) in [4.78, 5) is 14.9. The zero-order valence-corrected chi connectivity index (χ0v) is 14.6. The maximum atomic E-state index is 12.6. The minimum Gasteiger partial charge on any atom is -0.393 e. The summed E-state index contributed by atoms with van der Waals surface area (Å²) in [5.41, 5.74) is 7.30. The van der Waals surface area contributed by atoms with E-state index in [0.29, 0.717) is 36.0 Å². The molecule has 0 saturated carbocycles. The van der Waals surface area contributed by atoms with Gasteiger partial charge in [0.25, 0.3) is 5.91 Å². The minimum atomic E-state index is 0.0329. The zero-order valence-electron chi connectivity index (χ0n) is 12.1. The summed E-state index contributed by atoms with van der Waals surface area (Å²) in [6.45, 7) is 7.43. The van der Waals surface area contributed by atoms with Crippen LogP contribution in [0.3, 0.4) is 0 Å². The number of nitrogens with two attached hydrogens (primary N) is 1. The number of carbonyl (C=O) groups is 1. The Labute approximate surface area is 134 Å². The van der Waals surface area contributed by atoms with E-state index in [1.54, 1.807) is 0 Å². The fourth-order valence-corrected chi connectivity index (χ4v) is 2.26. The van der Waals surface area contributed by atoms with Crippen molar-refractivity contribution in [2.24, 2.45) is 11.7 Å². The van der Waals surface area contributed by atoms with Crippen molar-refractivity contribution in [1.82, 2.24) is 4.90 Å². The van der Waals surface area contributed by atoms with Crippen molar-refractivity contribution in [3.63, 3.8) is 0 Å². The molecule has 0 fully saturated rings. The third-order valence-electron chi connectivity index (χ3n) is 2.91. The van der Waals surface area contributed by atoms with Crippen molar-refractivity contribution >= 4 is 39.0 Å². The van der Waals surface area contributed by atoms with Gasteiger partial charge >= 0.3 is 0 Å². The topological polar surface area (TPSA) is 46.3 Å². The lowest BCUT2D eigenvalue weighted by atomic mass is 10.1. The van der Waals surface area contributed by atoms with E-state index in [-0.39, 0.29) is 5.91 Å². The number of rotatable bonds is 6. The lowest BCUT2D eigenvalue weighted by Gasteiger charge is -2.24. The van der Waals surface area contributed by atoms with Crippen LogP contribution in [0.2, 0.25) is 0 Å². The molecule has 0 aromatic heterocycles. The Bertz CT molecular complexity index is 503. The second-order valence-corrected chi connectivity index (χ2v) is 6.70. The molecule has 0 bridgehead atoms. The summed E-state index contributed by atoms with van der Waals surface area (Å²) in [6, 6.07) is 5.65. The Kier molecular flexibility index (Phi) is 6.62. The molecular formula is C15H21BrN2OS. The molecule has 0 aliphatic heterocycles. The van der Waals surface area contributed by atoms with E-state index in [9.17, 15) is 4.79 Å². The Morgan fingerprint density at radius 2 is 2.10 bits per heavy atom. The van der Waals surface area contributed by atoms with Crippen molar-refractivity contribution in [2.45, 2.75) is 27.2 Å². The second-order valence-electron chi connectivity index (χ2n) is 5.33. The molecule has 0 saturated heterocycles. The van der Waals surface area contributed by atoms with Gasteiger partial charge in [-0.25, -0.2) is 0 Å². The van der Waals surface area contributed by atoms with E-state index in [1.807, 2.05) is 30.0 Å². The van der Waals surface area contributed by atoms with Gasteiger partial charge in [-0.2, -0.15) is 0 Å². The normalized spacial score (nSPS) is 10.7. The summed E-state index contributed by atoms with van der Waals surface area (Å²) in [5.74, 6) is 0.437. The van der Waals surface area contributed by atoms with Gasteiger partial charge in [-0.15, -0.1) is 0 Å². The Morgan fingerprint density at radius 3 is 2.60 bits per heavy atom. The van der Waals surface area contributed by atoms with Crippen molar-refractivity contribution in [1.29, 1.82) is 0 Å². The van der Waals surface area contributed by atoms with E-state index in [0.717, 1.165) is 10.0 Å². The summed E-state index contributed by atoms with van der Waals surface area (Å²) >= 11 is 8.35. The highest BCUT2D eigenvalue weighted by Crippen LogP contribution is 2.18. The van der Waals surface area contributed by atoms with Crippen molar-refractivity contribution in [2.75, 3.05) is 13.1 Å². The van der Waals surface area contributed by atoms with Gasteiger partial charge in [0.2, 0.25) is 0 Å². The molecule has 0 aliphatic carbocycles. The molecule has 1 aromatic carbocycles. The van der Waals surface area contributed by atoms with Crippen LogP contribution in [-0.2, 0) is 0 Å². The van der Waals surface area contributed by atoms with Crippen LogP contribution < -0.4 is 5.73 Å². The zero-order chi connectivity index (χ0) is 15.3. The van der Waals surface area contributed by atoms with Crippen molar-refractivity contribution in [3.05, 3.63) is 33.8 Å². The predicted octanol–water partition coefficient (Wildman–Crippen LogP) is 3.53. The molecule has 110 valence electrons. The van der Waals surface area contributed by atoms with Gasteiger partial charge in [0.15, 0.2) is 0 Å². The number of aryl methyl sites for hydroxylation is 1. The third kappa shape index (κ3) is 5.21. The van der Waals surface area contributed by atoms with Gasteiger partial charge in [0.05, 0.1) is 4.99 Å². The SMILES string of the molecule is Cc1cc(C(=O)N(CCC(N)=S)CC(C)C)ccc1Br. The molecule has 20 heavy (non-hydrogen) atoms. The van der Waals surface area contributed by atoms with E-state index in [1.165, 1.54) is 0 Å². The van der Waals surface area contributed by atoms with Crippen LogP contribution in [0.1, 0.15) is 36.2 Å². The summed E-state index contributed by atoms with van der Waals surface area (Å²) in [5, 5.41) is 0. The van der Waals surface area contributed by atoms with Crippen LogP contribution in [0.25, 0.3) is 0 Å². The molecule has 2 N–H and O–H groups in total. The molecule has 1 aromatic rings. The molecule has 3 nitrogen and oxygen atoms in total. The quantitative estimate of drug-likeness (QED) is 0.793. The fraction of sp³-hybridized carbons (Fsp3) is 0.467. The Morgan fingerprint density at radius 1 is 1.45 bits per heavy atom. The summed E-state index contributed by atoms with van der Waals surface area (Å²) in [6.07, 6.45) is 0.559. The molecule has 5 heteroatoms. The van der Waals surface area contributed by atoms with E-state index >= 15 is 0 Å². The molecule has 0 radical (unpaired) electrons. The fourth-order valence-electron chi connectivity index (χ4n) is 1.92. The molecule has 0 aliphatic rings. The molecular weight excluding hydrogens is 336 g/mol. The van der Waals surface area contributed by atoms with Gasteiger partial charge in [0.1, 0.15) is 0 Å². The van der Waals surface area contributed by atoms with Gasteiger partial charge in [-0.1, -0.05) is 42.0 Å². The van der Waals surface area contributed by atoms with Crippen molar-refractivity contribution < 1.29 is 4.79 Å². The highest BCUT2D eigenvalue weighted by molar-refractivity contribution is 9.10. The van der Waals surface area contributed by atoms with Gasteiger partial charge in [-0.05, 0) is 36.6 Å². The van der Waals surface area contributed by atoms with Gasteiger partial charge in [0, 0.05) is 29.5 Å². The maximum Gasteiger partial charge on any atom is 0.253 e. The smallest absolute Gasteiger partial charge is 0.253 e. The molecule has 0 unspecified atom stereocenters. The first-order valence-corrected chi connectivity index (χ1v) is 7.85. The number of halogens is 1. The highest BCUT2D eigenvalue weighted by atomic mass is 79.9. The number of hydrogen-bond donors (Lipinski definition) is 1. The van der Waals surface area contributed by atoms with Crippen LogP contribution in [0, 0.1) is 12.8 Å². The highest BCUT2D eigenvalue weighted by Gasteiger charge is 2.17. The molecule has 1 rings (SSSR count). The third-order valence-corrected chi connectivity index (χ3v) is 4.00. The first kappa shape index (κ1) is 17.1. The number of amides is 1. The van der Waals surface area contributed by atoms with Crippen LogP contribution >= 0.6 is 28.1 Å². The average Bonchev–Trinajstić information content (AvgIpc) is 2.36. The first-order valence-electron chi connectivity index (χ1n) is 6.65. The monoisotopic (exact) mass is 356 g/mol. The Balaban J connectivity index is 2.90. The Hall–Kier alpha value is -0.940.